The lowest BCUT2D eigenvalue weighted by Crippen LogP contribution is -2.50. The van der Waals surface area contributed by atoms with E-state index >= 15 is 0 Å². The van der Waals surface area contributed by atoms with Gasteiger partial charge in [0.15, 0.2) is 0 Å². The first kappa shape index (κ1) is 14.9. The minimum atomic E-state index is -0.149. The Bertz CT molecular complexity index is 503. The lowest BCUT2D eigenvalue weighted by molar-refractivity contribution is -0.137. The Morgan fingerprint density at radius 1 is 1.38 bits per heavy atom. The topological polar surface area (TPSA) is 41.6 Å². The van der Waals surface area contributed by atoms with Crippen molar-refractivity contribution in [2.45, 2.75) is 30.3 Å². The molecule has 2 atom stereocenters. The first-order valence-electron chi connectivity index (χ1n) is 7.60. The number of morpholine rings is 1. The standard InChI is InChI=1S/C16H22N2O2S/c1-12(16(19)18-7-9-20-10-8-18)17-14-6-11-21-15-5-3-2-4-13(14)15/h2-5,12,14,17H,6-11H2,1H3. The Morgan fingerprint density at radius 2 is 2.14 bits per heavy atom. The van der Waals surface area contributed by atoms with Crippen LogP contribution in [0.5, 0.6) is 0 Å². The zero-order valence-electron chi connectivity index (χ0n) is 12.4. The SMILES string of the molecule is CC(NC1CCSc2ccccc21)C(=O)N1CCOCC1. The highest BCUT2D eigenvalue weighted by Crippen LogP contribution is 2.36. The molecule has 1 fully saturated rings. The van der Waals surface area contributed by atoms with E-state index in [1.807, 2.05) is 23.6 Å². The van der Waals surface area contributed by atoms with Gasteiger partial charge in [-0.15, -0.1) is 11.8 Å². The van der Waals surface area contributed by atoms with Crippen LogP contribution in [0.2, 0.25) is 0 Å². The quantitative estimate of drug-likeness (QED) is 0.928. The molecule has 1 N–H and O–H groups in total. The summed E-state index contributed by atoms with van der Waals surface area (Å²) < 4.78 is 5.31. The van der Waals surface area contributed by atoms with Crippen LogP contribution in [0.1, 0.15) is 24.9 Å². The van der Waals surface area contributed by atoms with Crippen molar-refractivity contribution < 1.29 is 9.53 Å². The van der Waals surface area contributed by atoms with Crippen molar-refractivity contribution in [3.8, 4) is 0 Å². The normalized spacial score (nSPS) is 23.5. The molecule has 0 bridgehead atoms. The number of hydrogen-bond donors (Lipinski definition) is 1. The average Bonchev–Trinajstić information content (AvgIpc) is 2.55. The summed E-state index contributed by atoms with van der Waals surface area (Å²) in [5.41, 5.74) is 1.33. The lowest BCUT2D eigenvalue weighted by atomic mass is 10.0. The van der Waals surface area contributed by atoms with E-state index in [0.717, 1.165) is 12.2 Å². The highest BCUT2D eigenvalue weighted by Gasteiger charge is 2.27. The molecule has 0 radical (unpaired) electrons. The molecule has 5 heteroatoms. The van der Waals surface area contributed by atoms with Gasteiger partial charge in [0, 0.05) is 24.0 Å². The fourth-order valence-corrected chi connectivity index (χ4v) is 4.07. The van der Waals surface area contributed by atoms with Crippen molar-refractivity contribution in [2.75, 3.05) is 32.1 Å². The van der Waals surface area contributed by atoms with E-state index in [0.29, 0.717) is 26.3 Å². The molecule has 1 saturated heterocycles. The molecule has 114 valence electrons. The number of nitrogens with zero attached hydrogens (tertiary/aromatic N) is 1. The number of benzene rings is 1. The van der Waals surface area contributed by atoms with Crippen molar-refractivity contribution in [3.05, 3.63) is 29.8 Å². The zero-order valence-corrected chi connectivity index (χ0v) is 13.2. The minimum Gasteiger partial charge on any atom is -0.378 e. The van der Waals surface area contributed by atoms with E-state index in [1.165, 1.54) is 10.5 Å². The molecule has 0 aromatic heterocycles. The first-order valence-corrected chi connectivity index (χ1v) is 8.58. The van der Waals surface area contributed by atoms with E-state index in [2.05, 4.69) is 29.6 Å². The molecular formula is C16H22N2O2S. The number of amides is 1. The molecule has 2 aliphatic heterocycles. The Morgan fingerprint density at radius 3 is 2.95 bits per heavy atom. The predicted molar refractivity (Wildman–Crippen MR) is 84.5 cm³/mol. The maximum Gasteiger partial charge on any atom is 0.239 e. The summed E-state index contributed by atoms with van der Waals surface area (Å²) in [5, 5.41) is 3.53. The van der Waals surface area contributed by atoms with Crippen molar-refractivity contribution in [1.29, 1.82) is 0 Å². The second kappa shape index (κ2) is 6.81. The van der Waals surface area contributed by atoms with Gasteiger partial charge in [0.05, 0.1) is 19.3 Å². The molecule has 0 spiro atoms. The van der Waals surface area contributed by atoms with Crippen LogP contribution in [0.3, 0.4) is 0 Å². The number of carbonyl (C=O) groups is 1. The second-order valence-corrected chi connectivity index (χ2v) is 6.69. The molecule has 21 heavy (non-hydrogen) atoms. The molecule has 4 nitrogen and oxygen atoms in total. The Kier molecular flexibility index (Phi) is 4.83. The number of hydrogen-bond acceptors (Lipinski definition) is 4. The van der Waals surface area contributed by atoms with Gasteiger partial charge in [0.1, 0.15) is 0 Å². The average molecular weight is 306 g/mol. The van der Waals surface area contributed by atoms with Gasteiger partial charge in [-0.3, -0.25) is 10.1 Å². The van der Waals surface area contributed by atoms with Gasteiger partial charge < -0.3 is 9.64 Å². The highest BCUT2D eigenvalue weighted by atomic mass is 32.2. The summed E-state index contributed by atoms with van der Waals surface area (Å²) >= 11 is 1.90. The van der Waals surface area contributed by atoms with E-state index in [1.54, 1.807) is 0 Å². The van der Waals surface area contributed by atoms with Crippen LogP contribution in [0.4, 0.5) is 0 Å². The molecule has 2 unspecified atom stereocenters. The Balaban J connectivity index is 1.65. The van der Waals surface area contributed by atoms with Gasteiger partial charge in [-0.2, -0.15) is 0 Å². The summed E-state index contributed by atoms with van der Waals surface area (Å²) in [5.74, 6) is 1.29. The van der Waals surface area contributed by atoms with E-state index in [-0.39, 0.29) is 18.0 Å². The monoisotopic (exact) mass is 306 g/mol. The molecule has 1 aromatic rings. The number of rotatable bonds is 3. The molecular weight excluding hydrogens is 284 g/mol. The van der Waals surface area contributed by atoms with Crippen LogP contribution in [0, 0.1) is 0 Å². The molecule has 0 aliphatic carbocycles. The van der Waals surface area contributed by atoms with Crippen LogP contribution in [0.15, 0.2) is 29.2 Å². The van der Waals surface area contributed by atoms with E-state index in [4.69, 9.17) is 4.74 Å². The Labute approximate surface area is 130 Å². The number of thioether (sulfide) groups is 1. The zero-order chi connectivity index (χ0) is 14.7. The van der Waals surface area contributed by atoms with Gasteiger partial charge in [0.2, 0.25) is 5.91 Å². The predicted octanol–water partition coefficient (Wildman–Crippen LogP) is 2.06. The van der Waals surface area contributed by atoms with Crippen molar-refractivity contribution in [3.63, 3.8) is 0 Å². The van der Waals surface area contributed by atoms with Gasteiger partial charge in [-0.25, -0.2) is 0 Å². The third-order valence-corrected chi connectivity index (χ3v) is 5.23. The summed E-state index contributed by atoms with van der Waals surface area (Å²) in [6.07, 6.45) is 1.07. The van der Waals surface area contributed by atoms with Crippen LogP contribution < -0.4 is 5.32 Å². The minimum absolute atomic E-state index is 0.149. The summed E-state index contributed by atoms with van der Waals surface area (Å²) in [6, 6.07) is 8.63. The summed E-state index contributed by atoms with van der Waals surface area (Å²) in [6.45, 7) is 4.70. The largest absolute Gasteiger partial charge is 0.378 e. The highest BCUT2D eigenvalue weighted by molar-refractivity contribution is 7.99. The van der Waals surface area contributed by atoms with Crippen LogP contribution >= 0.6 is 11.8 Å². The molecule has 1 aromatic carbocycles. The molecule has 3 rings (SSSR count). The summed E-state index contributed by atoms with van der Waals surface area (Å²) in [4.78, 5) is 15.7. The fourth-order valence-electron chi connectivity index (χ4n) is 2.95. The third kappa shape index (κ3) is 3.42. The van der Waals surface area contributed by atoms with Crippen molar-refractivity contribution in [2.24, 2.45) is 0 Å². The molecule has 0 saturated carbocycles. The maximum absolute atomic E-state index is 12.5. The number of ether oxygens (including phenoxy) is 1. The van der Waals surface area contributed by atoms with Crippen LogP contribution in [0.25, 0.3) is 0 Å². The van der Waals surface area contributed by atoms with Crippen LogP contribution in [-0.2, 0) is 9.53 Å². The van der Waals surface area contributed by atoms with Gasteiger partial charge in [0.25, 0.3) is 0 Å². The van der Waals surface area contributed by atoms with Gasteiger partial charge >= 0.3 is 0 Å². The van der Waals surface area contributed by atoms with Gasteiger partial charge in [-0.05, 0) is 30.7 Å². The van der Waals surface area contributed by atoms with E-state index < -0.39 is 0 Å². The molecule has 1 amide bonds. The van der Waals surface area contributed by atoms with Gasteiger partial charge in [-0.1, -0.05) is 18.2 Å². The second-order valence-electron chi connectivity index (χ2n) is 5.55. The Hall–Kier alpha value is -1.04. The first-order chi connectivity index (χ1) is 10.3. The number of nitrogens with one attached hydrogen (secondary N) is 1. The third-order valence-electron chi connectivity index (χ3n) is 4.10. The van der Waals surface area contributed by atoms with Crippen LogP contribution in [-0.4, -0.2) is 48.9 Å². The molecule has 2 aliphatic rings. The van der Waals surface area contributed by atoms with Crippen molar-refractivity contribution >= 4 is 17.7 Å². The fraction of sp³-hybridized carbons (Fsp3) is 0.562. The smallest absolute Gasteiger partial charge is 0.239 e. The number of carbonyl (C=O) groups excluding carboxylic acids is 1. The number of fused-ring (bicyclic) bond motifs is 1. The lowest BCUT2D eigenvalue weighted by Gasteiger charge is -2.33. The van der Waals surface area contributed by atoms with E-state index in [9.17, 15) is 4.79 Å². The maximum atomic E-state index is 12.5. The summed E-state index contributed by atoms with van der Waals surface area (Å²) in [7, 11) is 0. The molecule has 2 heterocycles. The van der Waals surface area contributed by atoms with Crippen molar-refractivity contribution in [1.82, 2.24) is 10.2 Å².